The monoisotopic (exact) mass is 258 g/mol. The summed E-state index contributed by atoms with van der Waals surface area (Å²) in [5.74, 6) is 0.0963. The molecule has 1 amide bonds. The van der Waals surface area contributed by atoms with Crippen molar-refractivity contribution >= 4 is 17.2 Å². The minimum Gasteiger partial charge on any atom is -0.330 e. The molecule has 1 aliphatic carbocycles. The van der Waals surface area contributed by atoms with Gasteiger partial charge in [0.15, 0.2) is 0 Å². The largest absolute Gasteiger partial charge is 0.330 e. The number of nitrogens with zero attached hydrogens (tertiary/aromatic N) is 2. The predicted octanol–water partition coefficient (Wildman–Crippen LogP) is 2.95. The molecule has 0 aliphatic heterocycles. The van der Waals surface area contributed by atoms with E-state index in [9.17, 15) is 4.79 Å². The molecule has 0 atom stereocenters. The molecule has 0 N–H and O–H groups in total. The van der Waals surface area contributed by atoms with Gasteiger partial charge in [-0.05, 0) is 36.4 Å². The lowest BCUT2D eigenvalue weighted by Gasteiger charge is -2.21. The van der Waals surface area contributed by atoms with Gasteiger partial charge in [-0.3, -0.25) is 9.78 Å². The van der Waals surface area contributed by atoms with Gasteiger partial charge in [-0.25, -0.2) is 0 Å². The fourth-order valence-electron chi connectivity index (χ4n) is 1.98. The highest BCUT2D eigenvalue weighted by Gasteiger charge is 2.33. The molecule has 0 aromatic carbocycles. The summed E-state index contributed by atoms with van der Waals surface area (Å²) in [5.41, 5.74) is 0.681. The van der Waals surface area contributed by atoms with Gasteiger partial charge < -0.3 is 4.90 Å². The average molecular weight is 258 g/mol. The molecule has 1 fully saturated rings. The van der Waals surface area contributed by atoms with E-state index in [1.54, 1.807) is 23.7 Å². The smallest absolute Gasteiger partial charge is 0.255 e. The summed E-state index contributed by atoms with van der Waals surface area (Å²) in [6, 6.07) is 8.17. The Kier molecular flexibility index (Phi) is 3.11. The van der Waals surface area contributed by atoms with Crippen LogP contribution in [0, 0.1) is 0 Å². The lowest BCUT2D eigenvalue weighted by atomic mass is 10.2. The Balaban J connectivity index is 1.80. The molecule has 4 heteroatoms. The Morgan fingerprint density at radius 2 is 2.28 bits per heavy atom. The topological polar surface area (TPSA) is 33.2 Å². The first-order valence-electron chi connectivity index (χ1n) is 6.08. The van der Waals surface area contributed by atoms with E-state index in [-0.39, 0.29) is 5.91 Å². The number of pyridine rings is 1. The zero-order valence-electron chi connectivity index (χ0n) is 9.95. The van der Waals surface area contributed by atoms with Gasteiger partial charge in [0.2, 0.25) is 0 Å². The SMILES string of the molecule is O=C(c1cccnc1)N(Cc1cccs1)C1CC1. The molecule has 3 nitrogen and oxygen atoms in total. The summed E-state index contributed by atoms with van der Waals surface area (Å²) >= 11 is 1.70. The van der Waals surface area contributed by atoms with E-state index >= 15 is 0 Å². The molecular weight excluding hydrogens is 244 g/mol. The van der Waals surface area contributed by atoms with Crippen molar-refractivity contribution < 1.29 is 4.79 Å². The minimum absolute atomic E-state index is 0.0963. The van der Waals surface area contributed by atoms with Crippen LogP contribution in [0.1, 0.15) is 28.1 Å². The first-order chi connectivity index (χ1) is 8.84. The van der Waals surface area contributed by atoms with Crippen LogP contribution in [0.4, 0.5) is 0 Å². The van der Waals surface area contributed by atoms with E-state index in [1.165, 1.54) is 4.88 Å². The van der Waals surface area contributed by atoms with Crippen LogP contribution in [0.2, 0.25) is 0 Å². The van der Waals surface area contributed by atoms with Gasteiger partial charge in [0.1, 0.15) is 0 Å². The maximum Gasteiger partial charge on any atom is 0.255 e. The van der Waals surface area contributed by atoms with Crippen LogP contribution in [0.5, 0.6) is 0 Å². The highest BCUT2D eigenvalue weighted by Crippen LogP contribution is 2.30. The predicted molar refractivity (Wildman–Crippen MR) is 71.5 cm³/mol. The third-order valence-corrected chi connectivity index (χ3v) is 3.92. The number of hydrogen-bond acceptors (Lipinski definition) is 3. The molecule has 0 saturated heterocycles. The van der Waals surface area contributed by atoms with Crippen molar-refractivity contribution in [2.24, 2.45) is 0 Å². The van der Waals surface area contributed by atoms with Crippen LogP contribution in [0.25, 0.3) is 0 Å². The molecule has 2 aromatic heterocycles. The van der Waals surface area contributed by atoms with Crippen molar-refractivity contribution in [1.29, 1.82) is 0 Å². The van der Waals surface area contributed by atoms with Crippen LogP contribution >= 0.6 is 11.3 Å². The minimum atomic E-state index is 0.0963. The van der Waals surface area contributed by atoms with Gasteiger partial charge in [-0.15, -0.1) is 11.3 Å². The summed E-state index contributed by atoms with van der Waals surface area (Å²) in [5, 5.41) is 2.05. The molecule has 0 radical (unpaired) electrons. The molecule has 3 rings (SSSR count). The van der Waals surface area contributed by atoms with E-state index in [0.29, 0.717) is 11.6 Å². The number of hydrogen-bond donors (Lipinski definition) is 0. The summed E-state index contributed by atoms with van der Waals surface area (Å²) in [6.45, 7) is 0.718. The fourth-order valence-corrected chi connectivity index (χ4v) is 2.68. The Hall–Kier alpha value is -1.68. The van der Waals surface area contributed by atoms with Crippen molar-refractivity contribution in [1.82, 2.24) is 9.88 Å². The Labute approximate surface area is 110 Å². The van der Waals surface area contributed by atoms with Gasteiger partial charge >= 0.3 is 0 Å². The highest BCUT2D eigenvalue weighted by molar-refractivity contribution is 7.09. The summed E-state index contributed by atoms with van der Waals surface area (Å²) in [7, 11) is 0. The zero-order chi connectivity index (χ0) is 12.4. The number of thiophene rings is 1. The molecule has 0 unspecified atom stereocenters. The second kappa shape index (κ2) is 4.90. The van der Waals surface area contributed by atoms with E-state index in [1.807, 2.05) is 23.1 Å². The zero-order valence-corrected chi connectivity index (χ0v) is 10.8. The third-order valence-electron chi connectivity index (χ3n) is 3.06. The van der Waals surface area contributed by atoms with E-state index in [2.05, 4.69) is 16.4 Å². The van der Waals surface area contributed by atoms with Crippen molar-refractivity contribution in [2.45, 2.75) is 25.4 Å². The molecule has 1 saturated carbocycles. The molecule has 1 aliphatic rings. The lowest BCUT2D eigenvalue weighted by molar-refractivity contribution is 0.0731. The second-order valence-electron chi connectivity index (χ2n) is 4.49. The summed E-state index contributed by atoms with van der Waals surface area (Å²) < 4.78 is 0. The van der Waals surface area contributed by atoms with Gasteiger partial charge in [0.05, 0.1) is 12.1 Å². The molecule has 2 aromatic rings. The van der Waals surface area contributed by atoms with Crippen molar-refractivity contribution in [3.8, 4) is 0 Å². The summed E-state index contributed by atoms with van der Waals surface area (Å²) in [6.07, 6.45) is 5.58. The van der Waals surface area contributed by atoms with Gasteiger partial charge in [-0.1, -0.05) is 6.07 Å². The molecule has 18 heavy (non-hydrogen) atoms. The van der Waals surface area contributed by atoms with Crippen molar-refractivity contribution in [3.05, 3.63) is 52.5 Å². The Morgan fingerprint density at radius 1 is 1.39 bits per heavy atom. The van der Waals surface area contributed by atoms with Crippen LogP contribution in [0.3, 0.4) is 0 Å². The van der Waals surface area contributed by atoms with Crippen LogP contribution in [0.15, 0.2) is 42.0 Å². The van der Waals surface area contributed by atoms with E-state index < -0.39 is 0 Å². The van der Waals surface area contributed by atoms with Crippen molar-refractivity contribution in [2.75, 3.05) is 0 Å². The maximum atomic E-state index is 12.4. The Bertz CT molecular complexity index is 520. The van der Waals surface area contributed by atoms with Crippen LogP contribution in [-0.2, 0) is 6.54 Å². The van der Waals surface area contributed by atoms with Crippen LogP contribution < -0.4 is 0 Å². The van der Waals surface area contributed by atoms with E-state index in [4.69, 9.17) is 0 Å². The number of amides is 1. The van der Waals surface area contributed by atoms with Gasteiger partial charge in [0, 0.05) is 23.3 Å². The maximum absolute atomic E-state index is 12.4. The average Bonchev–Trinajstić information content (AvgIpc) is 3.13. The molecule has 0 bridgehead atoms. The molecule has 2 heterocycles. The fraction of sp³-hybridized carbons (Fsp3) is 0.286. The second-order valence-corrected chi connectivity index (χ2v) is 5.52. The molecular formula is C14H14N2OS. The number of carbonyl (C=O) groups excluding carboxylic acids is 1. The molecule has 92 valence electrons. The number of carbonyl (C=O) groups is 1. The van der Waals surface area contributed by atoms with E-state index in [0.717, 1.165) is 19.4 Å². The number of rotatable bonds is 4. The summed E-state index contributed by atoms with van der Waals surface area (Å²) in [4.78, 5) is 19.7. The lowest BCUT2D eigenvalue weighted by Crippen LogP contribution is -2.32. The normalized spacial score (nSPS) is 14.4. The van der Waals surface area contributed by atoms with Crippen LogP contribution in [-0.4, -0.2) is 21.8 Å². The quantitative estimate of drug-likeness (QED) is 0.844. The van der Waals surface area contributed by atoms with Gasteiger partial charge in [0.25, 0.3) is 5.91 Å². The Morgan fingerprint density at radius 3 is 2.89 bits per heavy atom. The van der Waals surface area contributed by atoms with Crippen molar-refractivity contribution in [3.63, 3.8) is 0 Å². The standard InChI is InChI=1S/C14H14N2OS/c17-14(11-3-1-7-15-9-11)16(12-5-6-12)10-13-4-2-8-18-13/h1-4,7-9,12H,5-6,10H2. The first kappa shape index (κ1) is 11.4. The third kappa shape index (κ3) is 2.43. The molecule has 0 spiro atoms. The van der Waals surface area contributed by atoms with Gasteiger partial charge in [-0.2, -0.15) is 0 Å². The highest BCUT2D eigenvalue weighted by atomic mass is 32.1. The number of aromatic nitrogens is 1. The first-order valence-corrected chi connectivity index (χ1v) is 6.96.